The van der Waals surface area contributed by atoms with Gasteiger partial charge in [0.1, 0.15) is 6.04 Å². The molecule has 0 aliphatic heterocycles. The van der Waals surface area contributed by atoms with Crippen LogP contribution in [0.25, 0.3) is 0 Å². The molecule has 0 aromatic heterocycles. The third-order valence-corrected chi connectivity index (χ3v) is 5.84. The minimum absolute atomic E-state index is 0.0783. The van der Waals surface area contributed by atoms with E-state index < -0.39 is 11.6 Å². The predicted octanol–water partition coefficient (Wildman–Crippen LogP) is 2.90. The van der Waals surface area contributed by atoms with E-state index in [0.717, 1.165) is 0 Å². The molecule has 0 saturated carbocycles. The first kappa shape index (κ1) is 28.1. The SMILES string of the molecule is CCOC(=O)/C(C)=C/C(C(C)C)N(C)C(=O)C(NC(=O)C(CC)(CC)NC)C(C)C. The first-order valence-corrected chi connectivity index (χ1v) is 11.0. The number of nitrogens with zero attached hydrogens (tertiary/aromatic N) is 1. The monoisotopic (exact) mass is 425 g/mol. The molecule has 0 rings (SSSR count). The maximum atomic E-state index is 13.4. The highest BCUT2D eigenvalue weighted by Gasteiger charge is 2.38. The molecule has 0 aromatic carbocycles. The van der Waals surface area contributed by atoms with Crippen LogP contribution in [0.4, 0.5) is 0 Å². The number of hydrogen-bond donors (Lipinski definition) is 2. The Bertz CT molecular complexity index is 601. The van der Waals surface area contributed by atoms with Crippen molar-refractivity contribution in [2.75, 3.05) is 20.7 Å². The smallest absolute Gasteiger partial charge is 0.333 e. The van der Waals surface area contributed by atoms with Gasteiger partial charge in [-0.2, -0.15) is 0 Å². The predicted molar refractivity (Wildman–Crippen MR) is 121 cm³/mol. The van der Waals surface area contributed by atoms with Crippen LogP contribution < -0.4 is 10.6 Å². The van der Waals surface area contributed by atoms with Gasteiger partial charge < -0.3 is 20.3 Å². The Balaban J connectivity index is 5.76. The van der Waals surface area contributed by atoms with E-state index in [4.69, 9.17) is 4.74 Å². The summed E-state index contributed by atoms with van der Waals surface area (Å²) in [5, 5.41) is 6.10. The Labute approximate surface area is 183 Å². The lowest BCUT2D eigenvalue weighted by Gasteiger charge is -2.36. The van der Waals surface area contributed by atoms with Gasteiger partial charge in [-0.15, -0.1) is 0 Å². The molecule has 7 heteroatoms. The molecule has 0 aliphatic rings. The van der Waals surface area contributed by atoms with Gasteiger partial charge in [-0.3, -0.25) is 9.59 Å². The summed E-state index contributed by atoms with van der Waals surface area (Å²) < 4.78 is 5.06. The van der Waals surface area contributed by atoms with Gasteiger partial charge >= 0.3 is 5.97 Å². The maximum Gasteiger partial charge on any atom is 0.333 e. The van der Waals surface area contributed by atoms with Gasteiger partial charge in [0.25, 0.3) is 0 Å². The Kier molecular flexibility index (Phi) is 11.9. The molecule has 7 nitrogen and oxygen atoms in total. The van der Waals surface area contributed by atoms with Crippen molar-refractivity contribution in [3.05, 3.63) is 11.6 Å². The van der Waals surface area contributed by atoms with Crippen LogP contribution in [0.2, 0.25) is 0 Å². The minimum Gasteiger partial charge on any atom is -0.463 e. The number of rotatable bonds is 12. The van der Waals surface area contributed by atoms with Crippen LogP contribution >= 0.6 is 0 Å². The van der Waals surface area contributed by atoms with E-state index in [9.17, 15) is 14.4 Å². The van der Waals surface area contributed by atoms with E-state index in [1.54, 1.807) is 38.9 Å². The summed E-state index contributed by atoms with van der Waals surface area (Å²) in [6.45, 7) is 15.5. The summed E-state index contributed by atoms with van der Waals surface area (Å²) in [6, 6.07) is -0.961. The van der Waals surface area contributed by atoms with Crippen molar-refractivity contribution in [2.45, 2.75) is 85.9 Å². The zero-order valence-electron chi connectivity index (χ0n) is 20.6. The fourth-order valence-corrected chi connectivity index (χ4v) is 3.52. The van der Waals surface area contributed by atoms with Crippen molar-refractivity contribution in [3.63, 3.8) is 0 Å². The number of carbonyl (C=O) groups excluding carboxylic acids is 3. The fourth-order valence-electron chi connectivity index (χ4n) is 3.52. The van der Waals surface area contributed by atoms with Crippen molar-refractivity contribution in [2.24, 2.45) is 11.8 Å². The van der Waals surface area contributed by atoms with Crippen LogP contribution in [0, 0.1) is 11.8 Å². The molecule has 0 bridgehead atoms. The normalized spacial score (nSPS) is 14.5. The molecular formula is C23H43N3O4. The van der Waals surface area contributed by atoms with Crippen LogP contribution in [0.3, 0.4) is 0 Å². The first-order valence-electron chi connectivity index (χ1n) is 11.0. The van der Waals surface area contributed by atoms with Crippen LogP contribution in [0.5, 0.6) is 0 Å². The third-order valence-electron chi connectivity index (χ3n) is 5.84. The Morgan fingerprint density at radius 3 is 1.93 bits per heavy atom. The standard InChI is InChI=1S/C23H43N3O4/c1-11-23(12-2,24-9)22(29)25-19(16(6)7)20(27)26(10)18(15(4)5)14-17(8)21(28)30-13-3/h14-16,18-19,24H,11-13H2,1-10H3,(H,25,29)/b17-14+. The highest BCUT2D eigenvalue weighted by Crippen LogP contribution is 2.19. The van der Waals surface area contributed by atoms with E-state index >= 15 is 0 Å². The molecule has 2 N–H and O–H groups in total. The summed E-state index contributed by atoms with van der Waals surface area (Å²) in [6.07, 6.45) is 3.02. The largest absolute Gasteiger partial charge is 0.463 e. The molecule has 174 valence electrons. The number of esters is 1. The van der Waals surface area contributed by atoms with Gasteiger partial charge in [0.2, 0.25) is 11.8 Å². The Morgan fingerprint density at radius 1 is 1.03 bits per heavy atom. The molecular weight excluding hydrogens is 382 g/mol. The average molecular weight is 426 g/mol. The van der Waals surface area contributed by atoms with Gasteiger partial charge in [0, 0.05) is 12.6 Å². The second kappa shape index (κ2) is 12.7. The molecule has 30 heavy (non-hydrogen) atoms. The third kappa shape index (κ3) is 7.11. The lowest BCUT2D eigenvalue weighted by atomic mass is 9.90. The summed E-state index contributed by atoms with van der Waals surface area (Å²) in [5.41, 5.74) is -0.240. The molecule has 2 atom stereocenters. The molecule has 0 aromatic rings. The highest BCUT2D eigenvalue weighted by molar-refractivity contribution is 5.92. The summed E-state index contributed by atoms with van der Waals surface area (Å²) in [7, 11) is 3.48. The summed E-state index contributed by atoms with van der Waals surface area (Å²) in [5.74, 6) is -0.746. The van der Waals surface area contributed by atoms with Crippen molar-refractivity contribution in [1.29, 1.82) is 0 Å². The maximum absolute atomic E-state index is 13.4. The molecule has 0 aliphatic carbocycles. The van der Waals surface area contributed by atoms with E-state index in [-0.39, 0.29) is 35.7 Å². The number of hydrogen-bond acceptors (Lipinski definition) is 5. The van der Waals surface area contributed by atoms with E-state index in [1.807, 2.05) is 41.5 Å². The number of nitrogens with one attached hydrogen (secondary N) is 2. The van der Waals surface area contributed by atoms with Crippen LogP contribution in [-0.4, -0.2) is 61.0 Å². The average Bonchev–Trinajstić information content (AvgIpc) is 2.70. The Hall–Kier alpha value is -1.89. The molecule has 0 heterocycles. The van der Waals surface area contributed by atoms with Crippen molar-refractivity contribution in [1.82, 2.24) is 15.5 Å². The topological polar surface area (TPSA) is 87.7 Å². The lowest BCUT2D eigenvalue weighted by molar-refractivity contribution is -0.140. The molecule has 0 fully saturated rings. The zero-order valence-corrected chi connectivity index (χ0v) is 20.6. The quantitative estimate of drug-likeness (QED) is 0.371. The van der Waals surface area contributed by atoms with E-state index in [1.165, 1.54) is 0 Å². The molecule has 2 unspecified atom stereocenters. The van der Waals surface area contributed by atoms with Gasteiger partial charge in [-0.25, -0.2) is 4.79 Å². The van der Waals surface area contributed by atoms with Gasteiger partial charge in [-0.05, 0) is 45.6 Å². The van der Waals surface area contributed by atoms with Crippen LogP contribution in [0.15, 0.2) is 11.6 Å². The number of ether oxygens (including phenoxy) is 1. The highest BCUT2D eigenvalue weighted by atomic mass is 16.5. The lowest BCUT2D eigenvalue weighted by Crippen LogP contribution is -2.61. The first-order chi connectivity index (χ1) is 13.9. The molecule has 0 radical (unpaired) electrons. The second-order valence-electron chi connectivity index (χ2n) is 8.49. The minimum atomic E-state index is -0.705. The van der Waals surface area contributed by atoms with E-state index in [2.05, 4.69) is 10.6 Å². The van der Waals surface area contributed by atoms with Gasteiger partial charge in [0.15, 0.2) is 0 Å². The van der Waals surface area contributed by atoms with Gasteiger partial charge in [0.05, 0.1) is 18.2 Å². The fraction of sp³-hybridized carbons (Fsp3) is 0.783. The van der Waals surface area contributed by atoms with Crippen LogP contribution in [0.1, 0.15) is 68.2 Å². The number of carbonyl (C=O) groups is 3. The second-order valence-corrected chi connectivity index (χ2v) is 8.49. The number of amides is 2. The number of likely N-dealkylation sites (N-methyl/N-ethyl adjacent to an activating group) is 2. The Morgan fingerprint density at radius 2 is 1.57 bits per heavy atom. The summed E-state index contributed by atoms with van der Waals surface area (Å²) >= 11 is 0. The molecule has 2 amide bonds. The zero-order chi connectivity index (χ0) is 23.6. The van der Waals surface area contributed by atoms with E-state index in [0.29, 0.717) is 25.0 Å². The van der Waals surface area contributed by atoms with Crippen molar-refractivity contribution < 1.29 is 19.1 Å². The molecule has 0 saturated heterocycles. The molecule has 0 spiro atoms. The van der Waals surface area contributed by atoms with Crippen molar-refractivity contribution >= 4 is 17.8 Å². The van der Waals surface area contributed by atoms with Gasteiger partial charge in [-0.1, -0.05) is 47.6 Å². The van der Waals surface area contributed by atoms with Crippen molar-refractivity contribution in [3.8, 4) is 0 Å². The van der Waals surface area contributed by atoms with Crippen LogP contribution in [-0.2, 0) is 19.1 Å². The summed E-state index contributed by atoms with van der Waals surface area (Å²) in [4.78, 5) is 40.1.